The van der Waals surface area contributed by atoms with Crippen molar-refractivity contribution in [2.45, 2.75) is 0 Å². The first-order valence-corrected chi connectivity index (χ1v) is 4.48. The molecular weight excluding hydrogens is 208 g/mol. The fourth-order valence-electron chi connectivity index (χ4n) is 1.25. The zero-order valence-corrected chi connectivity index (χ0v) is 8.18. The van der Waals surface area contributed by atoms with Crippen LogP contribution < -0.4 is 11.3 Å². The maximum absolute atomic E-state index is 11.2. The van der Waals surface area contributed by atoms with Gasteiger partial charge in [-0.1, -0.05) is 0 Å². The molecule has 0 aliphatic rings. The van der Waals surface area contributed by atoms with Crippen LogP contribution in [-0.2, 0) is 0 Å². The number of carbonyl (C=O) groups is 1. The van der Waals surface area contributed by atoms with E-state index in [0.717, 1.165) is 0 Å². The lowest BCUT2D eigenvalue weighted by Crippen LogP contribution is -2.24. The van der Waals surface area contributed by atoms with Gasteiger partial charge in [-0.25, -0.2) is 5.10 Å². The van der Waals surface area contributed by atoms with Crippen LogP contribution in [0.3, 0.4) is 0 Å². The summed E-state index contributed by atoms with van der Waals surface area (Å²) in [5.41, 5.74) is 5.49. The molecule has 16 heavy (non-hydrogen) atoms. The minimum Gasteiger partial charge on any atom is -0.365 e. The summed E-state index contributed by atoms with van der Waals surface area (Å²) < 4.78 is 0. The topological polar surface area (TPSA) is 102 Å². The van der Waals surface area contributed by atoms with Gasteiger partial charge < -0.3 is 5.73 Å². The first kappa shape index (κ1) is 10.0. The molecule has 1 amide bonds. The lowest BCUT2D eigenvalue weighted by atomic mass is 10.1. The molecule has 3 N–H and O–H groups in total. The molecule has 2 aromatic heterocycles. The quantitative estimate of drug-likeness (QED) is 0.733. The average Bonchev–Trinajstić information content (AvgIpc) is 2.30. The molecule has 0 unspecified atom stereocenters. The van der Waals surface area contributed by atoms with Gasteiger partial charge >= 0.3 is 0 Å². The van der Waals surface area contributed by atoms with E-state index in [0.29, 0.717) is 11.3 Å². The highest BCUT2D eigenvalue weighted by molar-refractivity contribution is 5.93. The van der Waals surface area contributed by atoms with Crippen molar-refractivity contribution < 1.29 is 4.79 Å². The Morgan fingerprint density at radius 1 is 1.44 bits per heavy atom. The molecule has 6 heteroatoms. The number of aromatic nitrogens is 3. The van der Waals surface area contributed by atoms with Gasteiger partial charge in [-0.05, 0) is 18.2 Å². The van der Waals surface area contributed by atoms with Gasteiger partial charge in [0.15, 0.2) is 0 Å². The van der Waals surface area contributed by atoms with Crippen molar-refractivity contribution in [1.82, 2.24) is 15.2 Å². The number of nitrogens with one attached hydrogen (secondary N) is 1. The van der Waals surface area contributed by atoms with E-state index in [4.69, 9.17) is 5.73 Å². The van der Waals surface area contributed by atoms with Gasteiger partial charge in [-0.3, -0.25) is 14.6 Å². The third-order valence-corrected chi connectivity index (χ3v) is 2.03. The van der Waals surface area contributed by atoms with Gasteiger partial charge in [0.1, 0.15) is 5.56 Å². The largest absolute Gasteiger partial charge is 0.365 e. The standard InChI is InChI=1S/C10H8N4O2/c11-9(15)7-4-8(13-14-10(7)16)6-2-1-3-12-5-6/h1-5H,(H2,11,15)(H,14,16). The Morgan fingerprint density at radius 3 is 2.88 bits per heavy atom. The van der Waals surface area contributed by atoms with Crippen LogP contribution in [0.25, 0.3) is 11.3 Å². The molecule has 0 aliphatic carbocycles. The second-order valence-electron chi connectivity index (χ2n) is 3.10. The molecule has 80 valence electrons. The van der Waals surface area contributed by atoms with Gasteiger partial charge in [-0.15, -0.1) is 0 Å². The highest BCUT2D eigenvalue weighted by Gasteiger charge is 2.09. The van der Waals surface area contributed by atoms with Crippen molar-refractivity contribution in [3.8, 4) is 11.3 Å². The normalized spacial score (nSPS) is 10.0. The third kappa shape index (κ3) is 1.81. The Labute approximate surface area is 90.1 Å². The number of pyridine rings is 1. The van der Waals surface area contributed by atoms with Crippen LogP contribution in [0.4, 0.5) is 0 Å². The average molecular weight is 216 g/mol. The number of H-pyrrole nitrogens is 1. The van der Waals surface area contributed by atoms with Crippen LogP contribution in [0.15, 0.2) is 35.4 Å². The van der Waals surface area contributed by atoms with Gasteiger partial charge in [0.25, 0.3) is 11.5 Å². The summed E-state index contributed by atoms with van der Waals surface area (Å²) in [6, 6.07) is 4.84. The summed E-state index contributed by atoms with van der Waals surface area (Å²) in [5, 5.41) is 6.02. The second-order valence-corrected chi connectivity index (χ2v) is 3.10. The maximum Gasteiger partial charge on any atom is 0.277 e. The fourth-order valence-corrected chi connectivity index (χ4v) is 1.25. The van der Waals surface area contributed by atoms with E-state index < -0.39 is 11.5 Å². The van der Waals surface area contributed by atoms with Crippen molar-refractivity contribution in [2.75, 3.05) is 0 Å². The molecular formula is C10H8N4O2. The molecule has 0 atom stereocenters. The summed E-state index contributed by atoms with van der Waals surface area (Å²) in [6.07, 6.45) is 3.19. The maximum atomic E-state index is 11.2. The van der Waals surface area contributed by atoms with E-state index in [1.807, 2.05) is 0 Å². The highest BCUT2D eigenvalue weighted by atomic mass is 16.2. The number of hydrogen-bond acceptors (Lipinski definition) is 4. The zero-order valence-electron chi connectivity index (χ0n) is 8.18. The summed E-state index contributed by atoms with van der Waals surface area (Å²) in [7, 11) is 0. The lowest BCUT2D eigenvalue weighted by molar-refractivity contribution is 0.0998. The number of aromatic amines is 1. The number of rotatable bonds is 2. The summed E-state index contributed by atoms with van der Waals surface area (Å²) in [5.74, 6) is -0.784. The number of hydrogen-bond donors (Lipinski definition) is 2. The van der Waals surface area contributed by atoms with E-state index in [2.05, 4.69) is 15.2 Å². The summed E-state index contributed by atoms with van der Waals surface area (Å²) >= 11 is 0. The van der Waals surface area contributed by atoms with E-state index in [1.54, 1.807) is 24.5 Å². The molecule has 0 radical (unpaired) electrons. The lowest BCUT2D eigenvalue weighted by Gasteiger charge is -2.00. The fraction of sp³-hybridized carbons (Fsp3) is 0. The van der Waals surface area contributed by atoms with Crippen LogP contribution >= 0.6 is 0 Å². The molecule has 0 fully saturated rings. The Bertz CT molecular complexity index is 577. The molecule has 0 saturated carbocycles. The van der Waals surface area contributed by atoms with Gasteiger partial charge in [-0.2, -0.15) is 5.10 Å². The molecule has 6 nitrogen and oxygen atoms in total. The van der Waals surface area contributed by atoms with Crippen molar-refractivity contribution >= 4 is 5.91 Å². The Balaban J connectivity index is 2.57. The van der Waals surface area contributed by atoms with Gasteiger partial charge in [0.2, 0.25) is 0 Å². The minimum absolute atomic E-state index is 0.117. The van der Waals surface area contributed by atoms with Crippen LogP contribution in [0.1, 0.15) is 10.4 Å². The van der Waals surface area contributed by atoms with Crippen molar-refractivity contribution in [1.29, 1.82) is 0 Å². The first-order valence-electron chi connectivity index (χ1n) is 4.48. The number of nitrogens with zero attached hydrogens (tertiary/aromatic N) is 2. The van der Waals surface area contributed by atoms with Crippen molar-refractivity contribution in [2.24, 2.45) is 5.73 Å². The molecule has 0 bridgehead atoms. The van der Waals surface area contributed by atoms with Crippen molar-refractivity contribution in [3.63, 3.8) is 0 Å². The highest BCUT2D eigenvalue weighted by Crippen LogP contribution is 2.13. The number of amides is 1. The molecule has 0 aliphatic heterocycles. The van der Waals surface area contributed by atoms with Crippen molar-refractivity contribution in [3.05, 3.63) is 46.5 Å². The number of carbonyl (C=O) groups excluding carboxylic acids is 1. The van der Waals surface area contributed by atoms with E-state index in [1.165, 1.54) is 6.07 Å². The molecule has 2 heterocycles. The van der Waals surface area contributed by atoms with E-state index >= 15 is 0 Å². The van der Waals surface area contributed by atoms with E-state index in [9.17, 15) is 9.59 Å². The zero-order chi connectivity index (χ0) is 11.5. The summed E-state index contributed by atoms with van der Waals surface area (Å²) in [4.78, 5) is 26.1. The van der Waals surface area contributed by atoms with Crippen LogP contribution in [0.5, 0.6) is 0 Å². The predicted octanol–water partition coefficient (Wildman–Crippen LogP) is -0.0692. The molecule has 2 aromatic rings. The molecule has 0 spiro atoms. The Kier molecular flexibility index (Phi) is 2.47. The molecule has 2 rings (SSSR count). The van der Waals surface area contributed by atoms with Gasteiger partial charge in [0, 0.05) is 18.0 Å². The molecule has 0 saturated heterocycles. The number of nitrogens with two attached hydrogens (primary N) is 1. The summed E-state index contributed by atoms with van der Waals surface area (Å²) in [6.45, 7) is 0. The Hall–Kier alpha value is -2.50. The molecule has 0 aromatic carbocycles. The monoisotopic (exact) mass is 216 g/mol. The minimum atomic E-state index is -0.784. The smallest absolute Gasteiger partial charge is 0.277 e. The SMILES string of the molecule is NC(=O)c1cc(-c2cccnc2)n[nH]c1=O. The second kappa shape index (κ2) is 3.93. The third-order valence-electron chi connectivity index (χ3n) is 2.03. The Morgan fingerprint density at radius 2 is 2.25 bits per heavy atom. The predicted molar refractivity (Wildman–Crippen MR) is 56.6 cm³/mol. The first-order chi connectivity index (χ1) is 7.68. The van der Waals surface area contributed by atoms with Crippen LogP contribution in [-0.4, -0.2) is 21.1 Å². The van der Waals surface area contributed by atoms with Crippen LogP contribution in [0.2, 0.25) is 0 Å². The van der Waals surface area contributed by atoms with E-state index in [-0.39, 0.29) is 5.56 Å². The number of primary amides is 1. The van der Waals surface area contributed by atoms with Gasteiger partial charge in [0.05, 0.1) is 5.69 Å². The van der Waals surface area contributed by atoms with Crippen LogP contribution in [0, 0.1) is 0 Å².